The molecule has 1 aliphatic heterocycles. The Morgan fingerprint density at radius 2 is 2.00 bits per heavy atom. The zero-order chi connectivity index (χ0) is 13.1. The molecule has 2 rings (SSSR count). The van der Waals surface area contributed by atoms with Crippen LogP contribution in [0.15, 0.2) is 24.3 Å². The van der Waals surface area contributed by atoms with Gasteiger partial charge in [-0.15, -0.1) is 0 Å². The summed E-state index contributed by atoms with van der Waals surface area (Å²) in [7, 11) is 0. The summed E-state index contributed by atoms with van der Waals surface area (Å²) in [5, 5.41) is 8.89. The molecule has 1 aromatic rings. The van der Waals surface area contributed by atoms with Gasteiger partial charge in [0.15, 0.2) is 0 Å². The average molecular weight is 247 g/mol. The fourth-order valence-electron chi connectivity index (χ4n) is 2.65. The Morgan fingerprint density at radius 3 is 2.56 bits per heavy atom. The lowest BCUT2D eigenvalue weighted by Gasteiger charge is -2.35. The normalized spacial score (nSPS) is 21.2. The Hall–Kier alpha value is -1.35. The quantitative estimate of drug-likeness (QED) is 0.892. The van der Waals surface area contributed by atoms with Gasteiger partial charge in [-0.1, -0.05) is 12.1 Å². The third kappa shape index (κ3) is 2.91. The molecule has 0 spiro atoms. The van der Waals surface area contributed by atoms with Crippen molar-refractivity contribution in [3.05, 3.63) is 35.4 Å². The molecular weight excluding hydrogens is 226 g/mol. The molecule has 1 aromatic carbocycles. The molecule has 18 heavy (non-hydrogen) atoms. The van der Waals surface area contributed by atoms with Gasteiger partial charge in [-0.3, -0.25) is 0 Å². The fourth-order valence-corrected chi connectivity index (χ4v) is 2.65. The predicted molar refractivity (Wildman–Crippen MR) is 72.1 cm³/mol. The number of nitrogens with zero attached hydrogens (tertiary/aromatic N) is 1. The SMILES string of the molecule is CC(C)N1CCCC(c2ccc(C(=O)O)cc2)C1. The number of piperidine rings is 1. The van der Waals surface area contributed by atoms with Crippen molar-refractivity contribution in [2.45, 2.75) is 38.6 Å². The molecule has 1 aliphatic rings. The second-order valence-electron chi connectivity index (χ2n) is 5.35. The van der Waals surface area contributed by atoms with Crippen molar-refractivity contribution in [2.24, 2.45) is 0 Å². The van der Waals surface area contributed by atoms with Gasteiger partial charge in [0.1, 0.15) is 0 Å². The maximum Gasteiger partial charge on any atom is 0.335 e. The standard InChI is InChI=1S/C15H21NO2/c1-11(2)16-9-3-4-14(10-16)12-5-7-13(8-6-12)15(17)18/h5-8,11,14H,3-4,9-10H2,1-2H3,(H,17,18). The average Bonchev–Trinajstić information content (AvgIpc) is 2.39. The summed E-state index contributed by atoms with van der Waals surface area (Å²) in [6.07, 6.45) is 2.43. The van der Waals surface area contributed by atoms with Crippen LogP contribution in [-0.2, 0) is 0 Å². The van der Waals surface area contributed by atoms with Gasteiger partial charge in [0.25, 0.3) is 0 Å². The Labute approximate surface area is 108 Å². The molecule has 0 amide bonds. The summed E-state index contributed by atoms with van der Waals surface area (Å²) < 4.78 is 0. The number of benzene rings is 1. The number of carbonyl (C=O) groups is 1. The first-order valence-electron chi connectivity index (χ1n) is 6.65. The van der Waals surface area contributed by atoms with Crippen LogP contribution in [0.4, 0.5) is 0 Å². The van der Waals surface area contributed by atoms with Crippen LogP contribution in [0, 0.1) is 0 Å². The summed E-state index contributed by atoms with van der Waals surface area (Å²) in [5.74, 6) is -0.307. The van der Waals surface area contributed by atoms with E-state index >= 15 is 0 Å². The van der Waals surface area contributed by atoms with Crippen LogP contribution in [0.3, 0.4) is 0 Å². The molecule has 1 N–H and O–H groups in total. The Morgan fingerprint density at radius 1 is 1.33 bits per heavy atom. The van der Waals surface area contributed by atoms with Gasteiger partial charge in [-0.2, -0.15) is 0 Å². The lowest BCUT2D eigenvalue weighted by Crippen LogP contribution is -2.39. The van der Waals surface area contributed by atoms with Crippen molar-refractivity contribution >= 4 is 5.97 Å². The monoisotopic (exact) mass is 247 g/mol. The van der Waals surface area contributed by atoms with E-state index in [1.807, 2.05) is 12.1 Å². The van der Waals surface area contributed by atoms with E-state index in [0.29, 0.717) is 17.5 Å². The number of carboxylic acids is 1. The van der Waals surface area contributed by atoms with Gasteiger partial charge in [0.2, 0.25) is 0 Å². The minimum Gasteiger partial charge on any atom is -0.478 e. The zero-order valence-electron chi connectivity index (χ0n) is 11.1. The Kier molecular flexibility index (Phi) is 4.02. The second-order valence-corrected chi connectivity index (χ2v) is 5.35. The Balaban J connectivity index is 2.09. The van der Waals surface area contributed by atoms with Crippen molar-refractivity contribution in [3.63, 3.8) is 0 Å². The smallest absolute Gasteiger partial charge is 0.335 e. The summed E-state index contributed by atoms with van der Waals surface area (Å²) in [6, 6.07) is 7.96. The molecule has 1 heterocycles. The topological polar surface area (TPSA) is 40.5 Å². The van der Waals surface area contributed by atoms with Gasteiger partial charge in [0, 0.05) is 12.6 Å². The lowest BCUT2D eigenvalue weighted by molar-refractivity contribution is 0.0697. The van der Waals surface area contributed by atoms with Crippen LogP contribution in [0.2, 0.25) is 0 Å². The summed E-state index contributed by atoms with van der Waals surface area (Å²) in [4.78, 5) is 13.3. The van der Waals surface area contributed by atoms with Crippen molar-refractivity contribution in [2.75, 3.05) is 13.1 Å². The summed E-state index contributed by atoms with van der Waals surface area (Å²) in [6.45, 7) is 6.73. The fraction of sp³-hybridized carbons (Fsp3) is 0.533. The molecule has 3 heteroatoms. The first kappa shape index (κ1) is 13.1. The third-order valence-corrected chi connectivity index (χ3v) is 3.81. The van der Waals surface area contributed by atoms with Crippen LogP contribution in [0.1, 0.15) is 48.5 Å². The molecule has 0 aliphatic carbocycles. The summed E-state index contributed by atoms with van der Waals surface area (Å²) >= 11 is 0. The first-order valence-corrected chi connectivity index (χ1v) is 6.65. The van der Waals surface area contributed by atoms with E-state index in [9.17, 15) is 4.79 Å². The molecule has 1 unspecified atom stereocenters. The molecule has 0 bridgehead atoms. The predicted octanol–water partition coefficient (Wildman–Crippen LogP) is 2.97. The minimum atomic E-state index is -0.853. The maximum atomic E-state index is 10.8. The molecule has 3 nitrogen and oxygen atoms in total. The van der Waals surface area contributed by atoms with E-state index in [-0.39, 0.29) is 0 Å². The van der Waals surface area contributed by atoms with Gasteiger partial charge >= 0.3 is 5.97 Å². The highest BCUT2D eigenvalue weighted by Gasteiger charge is 2.22. The molecule has 0 radical (unpaired) electrons. The maximum absolute atomic E-state index is 10.8. The van der Waals surface area contributed by atoms with Crippen LogP contribution >= 0.6 is 0 Å². The van der Waals surface area contributed by atoms with Crippen molar-refractivity contribution in [1.82, 2.24) is 4.90 Å². The van der Waals surface area contributed by atoms with Crippen LogP contribution in [0.25, 0.3) is 0 Å². The number of rotatable bonds is 3. The highest BCUT2D eigenvalue weighted by molar-refractivity contribution is 5.87. The van der Waals surface area contributed by atoms with E-state index in [1.54, 1.807) is 12.1 Å². The molecule has 0 saturated carbocycles. The molecule has 1 atom stereocenters. The third-order valence-electron chi connectivity index (χ3n) is 3.81. The van der Waals surface area contributed by atoms with Gasteiger partial charge in [-0.05, 0) is 56.8 Å². The van der Waals surface area contributed by atoms with Crippen LogP contribution < -0.4 is 0 Å². The van der Waals surface area contributed by atoms with E-state index in [1.165, 1.54) is 24.9 Å². The van der Waals surface area contributed by atoms with Gasteiger partial charge in [-0.25, -0.2) is 4.79 Å². The van der Waals surface area contributed by atoms with Crippen LogP contribution in [-0.4, -0.2) is 35.1 Å². The van der Waals surface area contributed by atoms with Crippen LogP contribution in [0.5, 0.6) is 0 Å². The molecule has 1 fully saturated rings. The van der Waals surface area contributed by atoms with E-state index in [4.69, 9.17) is 5.11 Å². The van der Waals surface area contributed by atoms with Crippen molar-refractivity contribution in [1.29, 1.82) is 0 Å². The highest BCUT2D eigenvalue weighted by Crippen LogP contribution is 2.28. The molecule has 98 valence electrons. The zero-order valence-corrected chi connectivity index (χ0v) is 11.1. The molecular formula is C15H21NO2. The van der Waals surface area contributed by atoms with E-state index in [0.717, 1.165) is 6.54 Å². The lowest BCUT2D eigenvalue weighted by atomic mass is 9.89. The number of hydrogen-bond donors (Lipinski definition) is 1. The van der Waals surface area contributed by atoms with Gasteiger partial charge in [0.05, 0.1) is 5.56 Å². The molecule has 0 aromatic heterocycles. The van der Waals surface area contributed by atoms with Gasteiger partial charge < -0.3 is 10.0 Å². The number of carboxylic acid groups (broad SMARTS) is 1. The Bertz CT molecular complexity index is 411. The van der Waals surface area contributed by atoms with Crippen molar-refractivity contribution < 1.29 is 9.90 Å². The van der Waals surface area contributed by atoms with E-state index in [2.05, 4.69) is 18.7 Å². The largest absolute Gasteiger partial charge is 0.478 e. The molecule has 1 saturated heterocycles. The highest BCUT2D eigenvalue weighted by atomic mass is 16.4. The summed E-state index contributed by atoms with van der Waals surface area (Å²) in [5.41, 5.74) is 1.64. The second kappa shape index (κ2) is 5.53. The number of likely N-dealkylation sites (tertiary alicyclic amines) is 1. The van der Waals surface area contributed by atoms with Crippen molar-refractivity contribution in [3.8, 4) is 0 Å². The minimum absolute atomic E-state index is 0.371. The number of hydrogen-bond acceptors (Lipinski definition) is 2. The first-order chi connectivity index (χ1) is 8.58. The van der Waals surface area contributed by atoms with E-state index < -0.39 is 5.97 Å². The number of aromatic carboxylic acids is 1.